The zero-order valence-electron chi connectivity index (χ0n) is 22.5. The molecule has 0 aliphatic carbocycles. The zero-order chi connectivity index (χ0) is 27.4. The summed E-state index contributed by atoms with van der Waals surface area (Å²) in [5.74, 6) is 0. The molecule has 1 nitrogen and oxygen atoms in total. The molecule has 2 aromatic heterocycles. The molecule has 0 bridgehead atoms. The molecule has 0 aliphatic heterocycles. The lowest BCUT2D eigenvalue weighted by molar-refractivity contribution is 0.669. The third kappa shape index (κ3) is 3.02. The van der Waals surface area contributed by atoms with Crippen molar-refractivity contribution in [2.45, 2.75) is 0 Å². The summed E-state index contributed by atoms with van der Waals surface area (Å²) in [6, 6.07) is 48.9. The second kappa shape index (κ2) is 8.19. The van der Waals surface area contributed by atoms with Crippen LogP contribution in [0.15, 0.2) is 138 Å². The maximum Gasteiger partial charge on any atom is 0.136 e. The standard InChI is InChI=1S/C40H22OS/c1-2-6-23(7-3-1)27-15-10-24-13-18-31-28(16-11-25-12-17-30(27)39(24)40(25)31)26-14-19-35-32(20-26)33-22-38-34(21-36(33)41-35)29-8-4-5-9-37(29)42-38/h1-22H. The minimum absolute atomic E-state index is 0.931. The van der Waals surface area contributed by atoms with Crippen LogP contribution in [-0.4, -0.2) is 0 Å². The van der Waals surface area contributed by atoms with Crippen molar-refractivity contribution in [2.24, 2.45) is 0 Å². The van der Waals surface area contributed by atoms with Gasteiger partial charge in [0.15, 0.2) is 0 Å². The Morgan fingerprint density at radius 1 is 0.381 bits per heavy atom. The molecule has 2 heteroatoms. The molecule has 0 saturated heterocycles. The average molecular weight is 551 g/mol. The van der Waals surface area contributed by atoms with Gasteiger partial charge in [0.05, 0.1) is 0 Å². The van der Waals surface area contributed by atoms with E-state index in [1.54, 1.807) is 0 Å². The van der Waals surface area contributed by atoms with E-state index in [0.29, 0.717) is 0 Å². The lowest BCUT2D eigenvalue weighted by Gasteiger charge is -2.16. The van der Waals surface area contributed by atoms with E-state index < -0.39 is 0 Å². The molecule has 10 aromatic rings. The minimum Gasteiger partial charge on any atom is -0.456 e. The monoisotopic (exact) mass is 550 g/mol. The van der Waals surface area contributed by atoms with Gasteiger partial charge in [0, 0.05) is 30.9 Å². The fourth-order valence-electron chi connectivity index (χ4n) is 7.08. The van der Waals surface area contributed by atoms with Crippen molar-refractivity contribution in [3.8, 4) is 22.3 Å². The van der Waals surface area contributed by atoms with Gasteiger partial charge in [0.25, 0.3) is 0 Å². The topological polar surface area (TPSA) is 13.1 Å². The Hall–Kier alpha value is -5.18. The number of furan rings is 1. The van der Waals surface area contributed by atoms with E-state index in [9.17, 15) is 0 Å². The molecule has 0 unspecified atom stereocenters. The summed E-state index contributed by atoms with van der Waals surface area (Å²) in [4.78, 5) is 0. The Labute approximate surface area is 245 Å². The van der Waals surface area contributed by atoms with Crippen LogP contribution in [0.4, 0.5) is 0 Å². The van der Waals surface area contributed by atoms with Gasteiger partial charge in [-0.25, -0.2) is 0 Å². The number of thiophene rings is 1. The highest BCUT2D eigenvalue weighted by molar-refractivity contribution is 7.25. The Balaban J connectivity index is 1.22. The van der Waals surface area contributed by atoms with Gasteiger partial charge in [-0.3, -0.25) is 0 Å². The van der Waals surface area contributed by atoms with Crippen molar-refractivity contribution in [3.05, 3.63) is 133 Å². The van der Waals surface area contributed by atoms with Crippen molar-refractivity contribution >= 4 is 85.8 Å². The van der Waals surface area contributed by atoms with Crippen LogP contribution in [0.5, 0.6) is 0 Å². The first-order valence-corrected chi connectivity index (χ1v) is 15.2. The van der Waals surface area contributed by atoms with Crippen molar-refractivity contribution in [3.63, 3.8) is 0 Å². The highest BCUT2D eigenvalue weighted by Gasteiger charge is 2.17. The normalized spacial score (nSPS) is 12.3. The van der Waals surface area contributed by atoms with Crippen molar-refractivity contribution in [2.75, 3.05) is 0 Å². The largest absolute Gasteiger partial charge is 0.456 e. The van der Waals surface area contributed by atoms with Crippen LogP contribution in [0.25, 0.3) is 96.7 Å². The van der Waals surface area contributed by atoms with Gasteiger partial charge in [0.2, 0.25) is 0 Å². The van der Waals surface area contributed by atoms with Gasteiger partial charge in [-0.05, 0) is 84.9 Å². The fraction of sp³-hybridized carbons (Fsp3) is 0. The predicted octanol–water partition coefficient (Wildman–Crippen LogP) is 12.2. The number of hydrogen-bond donors (Lipinski definition) is 0. The molecular formula is C40H22OS. The smallest absolute Gasteiger partial charge is 0.136 e. The van der Waals surface area contributed by atoms with Crippen molar-refractivity contribution < 1.29 is 4.42 Å². The Morgan fingerprint density at radius 2 is 1.05 bits per heavy atom. The molecule has 194 valence electrons. The van der Waals surface area contributed by atoms with Crippen LogP contribution in [0.1, 0.15) is 0 Å². The second-order valence-electron chi connectivity index (χ2n) is 11.3. The maximum absolute atomic E-state index is 6.41. The van der Waals surface area contributed by atoms with Gasteiger partial charge < -0.3 is 4.42 Å². The van der Waals surface area contributed by atoms with E-state index in [1.165, 1.54) is 85.5 Å². The van der Waals surface area contributed by atoms with Gasteiger partial charge in [-0.2, -0.15) is 0 Å². The van der Waals surface area contributed by atoms with Crippen molar-refractivity contribution in [1.29, 1.82) is 0 Å². The lowest BCUT2D eigenvalue weighted by atomic mass is 9.87. The molecule has 8 aromatic carbocycles. The van der Waals surface area contributed by atoms with E-state index >= 15 is 0 Å². The number of fused-ring (bicyclic) bond motifs is 6. The molecule has 0 aliphatic rings. The summed E-state index contributed by atoms with van der Waals surface area (Å²) in [7, 11) is 0. The predicted molar refractivity (Wildman–Crippen MR) is 181 cm³/mol. The Kier molecular flexibility index (Phi) is 4.39. The maximum atomic E-state index is 6.41. The van der Waals surface area contributed by atoms with Crippen LogP contribution in [0.2, 0.25) is 0 Å². The molecule has 0 fully saturated rings. The van der Waals surface area contributed by atoms with Gasteiger partial charge in [-0.15, -0.1) is 11.3 Å². The van der Waals surface area contributed by atoms with Crippen LogP contribution in [-0.2, 0) is 0 Å². The molecule has 0 N–H and O–H groups in total. The van der Waals surface area contributed by atoms with Crippen LogP contribution < -0.4 is 0 Å². The van der Waals surface area contributed by atoms with Gasteiger partial charge in [0.1, 0.15) is 11.2 Å². The molecule has 0 atom stereocenters. The molecule has 0 radical (unpaired) electrons. The summed E-state index contributed by atoms with van der Waals surface area (Å²) in [6.07, 6.45) is 0. The molecule has 42 heavy (non-hydrogen) atoms. The van der Waals surface area contributed by atoms with Crippen LogP contribution >= 0.6 is 11.3 Å². The number of rotatable bonds is 2. The first-order valence-electron chi connectivity index (χ1n) is 14.3. The SMILES string of the molecule is c1ccc(-c2ccc3ccc4c(-c5ccc6oc7cc8c(cc7c6c5)sc5ccccc58)ccc5ccc2c3c54)cc1. The molecular weight excluding hydrogens is 529 g/mol. The first-order chi connectivity index (χ1) is 20.8. The summed E-state index contributed by atoms with van der Waals surface area (Å²) < 4.78 is 9.02. The van der Waals surface area contributed by atoms with E-state index in [1.807, 2.05) is 11.3 Å². The zero-order valence-corrected chi connectivity index (χ0v) is 23.3. The molecule has 2 heterocycles. The summed E-state index contributed by atoms with van der Waals surface area (Å²) in [5.41, 5.74) is 6.87. The molecule has 0 saturated carbocycles. The molecule has 0 spiro atoms. The summed E-state index contributed by atoms with van der Waals surface area (Å²) in [6.45, 7) is 0. The van der Waals surface area contributed by atoms with E-state index in [4.69, 9.17) is 4.42 Å². The fourth-order valence-corrected chi connectivity index (χ4v) is 8.21. The number of hydrogen-bond acceptors (Lipinski definition) is 2. The third-order valence-corrected chi connectivity index (χ3v) is 10.2. The second-order valence-corrected chi connectivity index (χ2v) is 12.4. The lowest BCUT2D eigenvalue weighted by Crippen LogP contribution is -1.89. The minimum atomic E-state index is 0.931. The van der Waals surface area contributed by atoms with Crippen molar-refractivity contribution in [1.82, 2.24) is 0 Å². The highest BCUT2D eigenvalue weighted by atomic mass is 32.1. The Morgan fingerprint density at radius 3 is 1.83 bits per heavy atom. The third-order valence-electron chi connectivity index (χ3n) is 9.03. The Bertz CT molecular complexity index is 2670. The van der Waals surface area contributed by atoms with E-state index in [2.05, 4.69) is 133 Å². The van der Waals surface area contributed by atoms with Gasteiger partial charge >= 0.3 is 0 Å². The van der Waals surface area contributed by atoms with E-state index in [-0.39, 0.29) is 0 Å². The number of benzene rings is 8. The summed E-state index contributed by atoms with van der Waals surface area (Å²) >= 11 is 1.85. The van der Waals surface area contributed by atoms with Gasteiger partial charge in [-0.1, -0.05) is 103 Å². The first kappa shape index (κ1) is 22.5. The van der Waals surface area contributed by atoms with Crippen LogP contribution in [0.3, 0.4) is 0 Å². The van der Waals surface area contributed by atoms with E-state index in [0.717, 1.165) is 11.2 Å². The average Bonchev–Trinajstić information content (AvgIpc) is 3.59. The van der Waals surface area contributed by atoms with Crippen LogP contribution in [0, 0.1) is 0 Å². The quantitative estimate of drug-likeness (QED) is 0.195. The molecule has 0 amide bonds. The molecule has 10 rings (SSSR count). The highest BCUT2D eigenvalue weighted by Crippen LogP contribution is 2.44. The summed E-state index contributed by atoms with van der Waals surface area (Å²) in [5, 5.41) is 12.7.